The summed E-state index contributed by atoms with van der Waals surface area (Å²) < 4.78 is 9.76. The average Bonchev–Trinajstić information content (AvgIpc) is 2.60. The lowest BCUT2D eigenvalue weighted by Crippen LogP contribution is -2.17. The Morgan fingerprint density at radius 3 is 2.91 bits per heavy atom. The number of aromatic nitrogens is 1. The van der Waals surface area contributed by atoms with Crippen molar-refractivity contribution in [2.24, 2.45) is 5.10 Å². The zero-order valence-electron chi connectivity index (χ0n) is 12.4. The van der Waals surface area contributed by atoms with Crippen molar-refractivity contribution in [2.45, 2.75) is 0 Å². The average molecular weight is 313 g/mol. The summed E-state index contributed by atoms with van der Waals surface area (Å²) in [6.45, 7) is -0.172. The van der Waals surface area contributed by atoms with Crippen LogP contribution in [0.4, 0.5) is 0 Å². The van der Waals surface area contributed by atoms with Crippen LogP contribution in [-0.4, -0.2) is 36.8 Å². The van der Waals surface area contributed by atoms with Gasteiger partial charge in [0.2, 0.25) is 0 Å². The molecular weight excluding hydrogens is 298 g/mol. The highest BCUT2D eigenvalue weighted by molar-refractivity contribution is 5.94. The van der Waals surface area contributed by atoms with Crippen LogP contribution in [0.5, 0.6) is 5.75 Å². The van der Waals surface area contributed by atoms with Crippen molar-refractivity contribution in [2.75, 3.05) is 13.7 Å². The molecule has 0 radical (unpaired) electrons. The van der Waals surface area contributed by atoms with Crippen molar-refractivity contribution in [1.29, 1.82) is 0 Å². The zero-order valence-corrected chi connectivity index (χ0v) is 12.4. The predicted molar refractivity (Wildman–Crippen MR) is 83.3 cm³/mol. The maximum atomic E-state index is 11.8. The number of carbonyl (C=O) groups excluding carboxylic acids is 2. The molecule has 2 rings (SSSR count). The molecular formula is C16H15N3O4. The number of methoxy groups -OCH3 is 1. The van der Waals surface area contributed by atoms with E-state index in [1.54, 1.807) is 42.6 Å². The fraction of sp³-hybridized carbons (Fsp3) is 0.125. The van der Waals surface area contributed by atoms with Gasteiger partial charge in [-0.05, 0) is 29.8 Å². The number of esters is 1. The van der Waals surface area contributed by atoms with Gasteiger partial charge in [-0.15, -0.1) is 0 Å². The number of benzene rings is 1. The molecule has 0 fully saturated rings. The zero-order chi connectivity index (χ0) is 16.5. The van der Waals surface area contributed by atoms with Crippen LogP contribution in [-0.2, 0) is 9.53 Å². The Morgan fingerprint density at radius 2 is 2.17 bits per heavy atom. The molecule has 118 valence electrons. The van der Waals surface area contributed by atoms with Crippen LogP contribution in [0.15, 0.2) is 53.9 Å². The third kappa shape index (κ3) is 5.24. The normalized spacial score (nSPS) is 10.3. The fourth-order valence-corrected chi connectivity index (χ4v) is 1.61. The Bertz CT molecular complexity index is 701. The summed E-state index contributed by atoms with van der Waals surface area (Å²) in [4.78, 5) is 26.7. The van der Waals surface area contributed by atoms with Gasteiger partial charge in [-0.1, -0.05) is 12.1 Å². The Morgan fingerprint density at radius 1 is 1.30 bits per heavy atom. The number of carbonyl (C=O) groups is 2. The van der Waals surface area contributed by atoms with Crippen molar-refractivity contribution in [3.8, 4) is 5.75 Å². The molecule has 7 nitrogen and oxygen atoms in total. The number of amides is 1. The molecule has 0 atom stereocenters. The van der Waals surface area contributed by atoms with Gasteiger partial charge in [-0.25, -0.2) is 10.2 Å². The molecule has 0 bridgehead atoms. The quantitative estimate of drug-likeness (QED) is 0.494. The van der Waals surface area contributed by atoms with Gasteiger partial charge in [0.15, 0.2) is 6.61 Å². The Labute approximate surface area is 132 Å². The molecule has 1 N–H and O–H groups in total. The van der Waals surface area contributed by atoms with E-state index in [9.17, 15) is 9.59 Å². The minimum Gasteiger partial charge on any atom is -0.482 e. The maximum absolute atomic E-state index is 11.8. The highest BCUT2D eigenvalue weighted by atomic mass is 16.6. The molecule has 7 heteroatoms. The van der Waals surface area contributed by atoms with Crippen molar-refractivity contribution in [3.63, 3.8) is 0 Å². The molecule has 0 saturated heterocycles. The number of hydrazone groups is 1. The number of hydrogen-bond donors (Lipinski definition) is 1. The van der Waals surface area contributed by atoms with Crippen LogP contribution in [0.25, 0.3) is 0 Å². The second-order valence-corrected chi connectivity index (χ2v) is 4.38. The van der Waals surface area contributed by atoms with Crippen LogP contribution >= 0.6 is 0 Å². The molecule has 2 aromatic rings. The summed E-state index contributed by atoms with van der Waals surface area (Å²) >= 11 is 0. The van der Waals surface area contributed by atoms with E-state index in [1.165, 1.54) is 19.5 Å². The first-order valence-electron chi connectivity index (χ1n) is 6.72. The standard InChI is InChI=1S/C16H15N3O4/c1-22-15(20)11-23-14-6-2-4-12(8-14)9-18-19-16(21)13-5-3-7-17-10-13/h2-10H,11H2,1H3,(H,19,21)/b18-9+. The number of hydrogen-bond acceptors (Lipinski definition) is 6. The first-order valence-corrected chi connectivity index (χ1v) is 6.72. The number of pyridine rings is 1. The molecule has 23 heavy (non-hydrogen) atoms. The number of nitrogens with one attached hydrogen (secondary N) is 1. The molecule has 1 aromatic heterocycles. The summed E-state index contributed by atoms with van der Waals surface area (Å²) in [5, 5.41) is 3.87. The highest BCUT2D eigenvalue weighted by Crippen LogP contribution is 2.11. The number of rotatable bonds is 6. The van der Waals surface area contributed by atoms with E-state index in [-0.39, 0.29) is 12.5 Å². The summed E-state index contributed by atoms with van der Waals surface area (Å²) in [7, 11) is 1.29. The van der Waals surface area contributed by atoms with Gasteiger partial charge in [0.1, 0.15) is 5.75 Å². The Balaban J connectivity index is 1.92. The number of ether oxygens (including phenoxy) is 2. The molecule has 0 saturated carbocycles. The Kier molecular flexibility index (Phi) is 5.81. The number of nitrogens with zero attached hydrogens (tertiary/aromatic N) is 2. The molecule has 0 aliphatic heterocycles. The summed E-state index contributed by atoms with van der Waals surface area (Å²) in [5.74, 6) is -0.321. The van der Waals surface area contributed by atoms with Gasteiger partial charge in [0.05, 0.1) is 18.9 Å². The van der Waals surface area contributed by atoms with E-state index >= 15 is 0 Å². The van der Waals surface area contributed by atoms with Crippen molar-refractivity contribution in [3.05, 3.63) is 59.9 Å². The van der Waals surface area contributed by atoms with Crippen molar-refractivity contribution < 1.29 is 19.1 Å². The van der Waals surface area contributed by atoms with E-state index < -0.39 is 5.97 Å². The second kappa shape index (κ2) is 8.28. The highest BCUT2D eigenvalue weighted by Gasteiger charge is 2.03. The Hall–Kier alpha value is -3.22. The first-order chi connectivity index (χ1) is 11.2. The minimum absolute atomic E-state index is 0.172. The van der Waals surface area contributed by atoms with Gasteiger partial charge < -0.3 is 9.47 Å². The van der Waals surface area contributed by atoms with Crippen LogP contribution in [0.2, 0.25) is 0 Å². The smallest absolute Gasteiger partial charge is 0.343 e. The van der Waals surface area contributed by atoms with E-state index in [1.807, 2.05) is 0 Å². The summed E-state index contributed by atoms with van der Waals surface area (Å²) in [5.41, 5.74) is 3.53. The lowest BCUT2D eigenvalue weighted by atomic mass is 10.2. The molecule has 1 heterocycles. The molecule has 0 aliphatic carbocycles. The fourth-order valence-electron chi connectivity index (χ4n) is 1.61. The van der Waals surface area contributed by atoms with Gasteiger partial charge in [-0.2, -0.15) is 5.10 Å². The van der Waals surface area contributed by atoms with Gasteiger partial charge in [0.25, 0.3) is 5.91 Å². The summed E-state index contributed by atoms with van der Waals surface area (Å²) in [6.07, 6.45) is 4.51. The van der Waals surface area contributed by atoms with Crippen LogP contribution in [0.1, 0.15) is 15.9 Å². The monoisotopic (exact) mass is 313 g/mol. The maximum Gasteiger partial charge on any atom is 0.343 e. The van der Waals surface area contributed by atoms with E-state index in [0.717, 1.165) is 0 Å². The summed E-state index contributed by atoms with van der Waals surface area (Å²) in [6, 6.07) is 10.2. The predicted octanol–water partition coefficient (Wildman–Crippen LogP) is 1.40. The molecule has 1 amide bonds. The topological polar surface area (TPSA) is 89.9 Å². The van der Waals surface area contributed by atoms with Crippen molar-refractivity contribution in [1.82, 2.24) is 10.4 Å². The van der Waals surface area contributed by atoms with Gasteiger partial charge in [0, 0.05) is 12.4 Å². The van der Waals surface area contributed by atoms with Crippen LogP contribution < -0.4 is 10.2 Å². The molecule has 0 spiro atoms. The molecule has 0 aliphatic rings. The second-order valence-electron chi connectivity index (χ2n) is 4.38. The third-order valence-electron chi connectivity index (χ3n) is 2.75. The minimum atomic E-state index is -0.465. The van der Waals surface area contributed by atoms with Gasteiger partial charge >= 0.3 is 5.97 Å². The molecule has 1 aromatic carbocycles. The lowest BCUT2D eigenvalue weighted by molar-refractivity contribution is -0.142. The first kappa shape index (κ1) is 16.2. The largest absolute Gasteiger partial charge is 0.482 e. The van der Waals surface area contributed by atoms with Crippen molar-refractivity contribution >= 4 is 18.1 Å². The van der Waals surface area contributed by atoms with Crippen LogP contribution in [0.3, 0.4) is 0 Å². The van der Waals surface area contributed by atoms with Gasteiger partial charge in [-0.3, -0.25) is 9.78 Å². The molecule has 0 unspecified atom stereocenters. The van der Waals surface area contributed by atoms with E-state index in [2.05, 4.69) is 20.2 Å². The third-order valence-corrected chi connectivity index (χ3v) is 2.75. The van der Waals surface area contributed by atoms with E-state index in [0.29, 0.717) is 16.9 Å². The SMILES string of the molecule is COC(=O)COc1cccc(/C=N/NC(=O)c2cccnc2)c1. The lowest BCUT2D eigenvalue weighted by Gasteiger charge is -2.05. The van der Waals surface area contributed by atoms with E-state index in [4.69, 9.17) is 4.74 Å². The van der Waals surface area contributed by atoms with Crippen LogP contribution in [0, 0.1) is 0 Å².